The lowest BCUT2D eigenvalue weighted by Gasteiger charge is -2.19. The van der Waals surface area contributed by atoms with Gasteiger partial charge in [0.15, 0.2) is 13.2 Å². The molecule has 0 saturated heterocycles. The first-order valence-corrected chi connectivity index (χ1v) is 5.74. The molecule has 0 aliphatic carbocycles. The van der Waals surface area contributed by atoms with E-state index in [0.717, 1.165) is 0 Å². The van der Waals surface area contributed by atoms with Crippen LogP contribution in [-0.4, -0.2) is 38.6 Å². The Labute approximate surface area is 101 Å². The first-order valence-electron chi connectivity index (χ1n) is 4.28. The quantitative estimate of drug-likeness (QED) is 0.530. The summed E-state index contributed by atoms with van der Waals surface area (Å²) < 4.78 is 116. The highest BCUT2D eigenvalue weighted by molar-refractivity contribution is 7.48. The summed E-state index contributed by atoms with van der Waals surface area (Å²) in [6.45, 7) is -6.25. The van der Waals surface area contributed by atoms with Crippen molar-refractivity contribution < 1.29 is 53.3 Å². The Morgan fingerprint density at radius 3 is 1.47 bits per heavy atom. The van der Waals surface area contributed by atoms with Gasteiger partial charge >= 0.3 is 20.2 Å². The fraction of sp³-hybridized carbons (Fsp3) is 1.00. The van der Waals surface area contributed by atoms with Gasteiger partial charge in [0, 0.05) is 0 Å². The predicted octanol–water partition coefficient (Wildman–Crippen LogP) is 3.53. The molecular weight excluding hydrogens is 319 g/mol. The maximum atomic E-state index is 11.7. The molecule has 0 radical (unpaired) electrons. The summed E-state index contributed by atoms with van der Waals surface area (Å²) in [6.07, 6.45) is -13.4. The van der Waals surface area contributed by atoms with Gasteiger partial charge in [0.25, 0.3) is 6.43 Å². The number of halogens is 8. The lowest BCUT2D eigenvalue weighted by Crippen LogP contribution is -2.21. The molecule has 0 rings (SSSR count). The van der Waals surface area contributed by atoms with Crippen molar-refractivity contribution in [2.45, 2.75) is 18.8 Å². The minimum Gasteiger partial charge on any atom is -0.281 e. The molecule has 0 bridgehead atoms. The van der Waals surface area contributed by atoms with Gasteiger partial charge in [-0.15, -0.1) is 0 Å². The third-order valence-electron chi connectivity index (χ3n) is 1.13. The van der Waals surface area contributed by atoms with Crippen molar-refractivity contribution in [3.05, 3.63) is 0 Å². The summed E-state index contributed by atoms with van der Waals surface area (Å²) in [7, 11) is -5.39. The number of phosphoric ester groups is 1. The summed E-state index contributed by atoms with van der Waals surface area (Å²) >= 11 is 0. The van der Waals surface area contributed by atoms with E-state index in [2.05, 4.69) is 13.6 Å². The highest BCUT2D eigenvalue weighted by Crippen LogP contribution is 2.51. The molecule has 0 fully saturated rings. The fourth-order valence-corrected chi connectivity index (χ4v) is 1.69. The molecule has 0 N–H and O–H groups in total. The monoisotopic (exact) mass is 326 g/mol. The second-order valence-corrected chi connectivity index (χ2v) is 4.58. The van der Waals surface area contributed by atoms with Crippen molar-refractivity contribution in [3.63, 3.8) is 0 Å². The summed E-state index contributed by atoms with van der Waals surface area (Å²) in [5.74, 6) is 0. The summed E-state index contributed by atoms with van der Waals surface area (Å²) in [5.41, 5.74) is 0. The van der Waals surface area contributed by atoms with Crippen LogP contribution in [0, 0.1) is 0 Å². The van der Waals surface area contributed by atoms with Gasteiger partial charge < -0.3 is 0 Å². The van der Waals surface area contributed by atoms with E-state index >= 15 is 0 Å². The zero-order chi connectivity index (χ0) is 15.3. The number of hydrogen-bond acceptors (Lipinski definition) is 4. The third kappa shape index (κ3) is 11.1. The Balaban J connectivity index is 4.58. The van der Waals surface area contributed by atoms with Gasteiger partial charge in [-0.05, 0) is 0 Å². The van der Waals surface area contributed by atoms with Gasteiger partial charge in [-0.2, -0.15) is 26.3 Å². The van der Waals surface area contributed by atoms with Crippen LogP contribution in [0.3, 0.4) is 0 Å². The van der Waals surface area contributed by atoms with E-state index in [1.54, 1.807) is 0 Å². The van der Waals surface area contributed by atoms with Crippen molar-refractivity contribution in [3.8, 4) is 0 Å². The molecule has 0 aromatic heterocycles. The summed E-state index contributed by atoms with van der Waals surface area (Å²) in [5, 5.41) is 0. The van der Waals surface area contributed by atoms with E-state index in [4.69, 9.17) is 0 Å². The average Bonchev–Trinajstić information content (AvgIpc) is 2.19. The smallest absolute Gasteiger partial charge is 0.281 e. The van der Waals surface area contributed by atoms with E-state index in [0.29, 0.717) is 0 Å². The first-order chi connectivity index (χ1) is 8.33. The Morgan fingerprint density at radius 2 is 1.21 bits per heavy atom. The van der Waals surface area contributed by atoms with Crippen molar-refractivity contribution in [2.75, 3.05) is 19.8 Å². The van der Waals surface area contributed by atoms with Crippen LogP contribution >= 0.6 is 7.82 Å². The second kappa shape index (κ2) is 6.82. The molecular formula is C6H7F8O4P. The number of hydrogen-bond donors (Lipinski definition) is 0. The average molecular weight is 326 g/mol. The van der Waals surface area contributed by atoms with E-state index in [1.165, 1.54) is 0 Å². The highest BCUT2D eigenvalue weighted by Gasteiger charge is 2.40. The van der Waals surface area contributed by atoms with Crippen LogP contribution < -0.4 is 0 Å². The molecule has 0 aliphatic rings. The third-order valence-corrected chi connectivity index (χ3v) is 2.49. The van der Waals surface area contributed by atoms with Gasteiger partial charge in [0.05, 0.1) is 0 Å². The van der Waals surface area contributed by atoms with Gasteiger partial charge in [-0.25, -0.2) is 13.3 Å². The molecule has 0 amide bonds. The van der Waals surface area contributed by atoms with Crippen LogP contribution in [0.15, 0.2) is 0 Å². The van der Waals surface area contributed by atoms with Crippen LogP contribution in [0.1, 0.15) is 0 Å². The molecule has 116 valence electrons. The number of rotatable bonds is 7. The Hall–Kier alpha value is -0.450. The van der Waals surface area contributed by atoms with E-state index in [1.807, 2.05) is 0 Å². The SMILES string of the molecule is O=P(OCC(F)F)(OCC(F)(F)F)OCC(F)(F)F. The van der Waals surface area contributed by atoms with Crippen LogP contribution in [0.5, 0.6) is 0 Å². The van der Waals surface area contributed by atoms with Crippen LogP contribution in [0.2, 0.25) is 0 Å². The van der Waals surface area contributed by atoms with E-state index in [9.17, 15) is 39.7 Å². The normalized spacial score (nSPS) is 14.2. The van der Waals surface area contributed by atoms with Gasteiger partial charge in [0.1, 0.15) is 6.61 Å². The maximum Gasteiger partial charge on any atom is 0.475 e. The Bertz CT molecular complexity index is 291. The van der Waals surface area contributed by atoms with Crippen molar-refractivity contribution in [1.29, 1.82) is 0 Å². The molecule has 0 spiro atoms. The summed E-state index contributed by atoms with van der Waals surface area (Å²) in [6, 6.07) is 0. The molecule has 0 aliphatic heterocycles. The molecule has 19 heavy (non-hydrogen) atoms. The molecule has 0 heterocycles. The Morgan fingerprint density at radius 1 is 0.842 bits per heavy atom. The first kappa shape index (κ1) is 18.6. The van der Waals surface area contributed by atoms with E-state index < -0.39 is 46.4 Å². The maximum absolute atomic E-state index is 11.7. The molecule has 4 nitrogen and oxygen atoms in total. The van der Waals surface area contributed by atoms with Gasteiger partial charge in [-0.1, -0.05) is 0 Å². The van der Waals surface area contributed by atoms with Crippen LogP contribution in [0.4, 0.5) is 35.1 Å². The largest absolute Gasteiger partial charge is 0.475 e. The highest BCUT2D eigenvalue weighted by atomic mass is 31.2. The minimum absolute atomic E-state index is 1.70. The molecule has 0 atom stereocenters. The molecule has 0 unspecified atom stereocenters. The lowest BCUT2D eigenvalue weighted by molar-refractivity contribution is -0.171. The van der Waals surface area contributed by atoms with Crippen LogP contribution in [-0.2, 0) is 18.1 Å². The zero-order valence-electron chi connectivity index (χ0n) is 8.80. The zero-order valence-corrected chi connectivity index (χ0v) is 9.70. The second-order valence-electron chi connectivity index (χ2n) is 2.91. The lowest BCUT2D eigenvalue weighted by atomic mass is 10.7. The predicted molar refractivity (Wildman–Crippen MR) is 43.6 cm³/mol. The summed E-state index contributed by atoms with van der Waals surface area (Å²) in [4.78, 5) is 0. The van der Waals surface area contributed by atoms with E-state index in [-0.39, 0.29) is 0 Å². The van der Waals surface area contributed by atoms with Crippen molar-refractivity contribution in [1.82, 2.24) is 0 Å². The number of alkyl halides is 8. The molecule has 0 aromatic carbocycles. The van der Waals surface area contributed by atoms with Crippen molar-refractivity contribution >= 4 is 7.82 Å². The Kier molecular flexibility index (Phi) is 6.66. The van der Waals surface area contributed by atoms with Gasteiger partial charge in [-0.3, -0.25) is 13.6 Å². The minimum atomic E-state index is -5.39. The molecule has 0 aromatic rings. The van der Waals surface area contributed by atoms with Gasteiger partial charge in [0.2, 0.25) is 0 Å². The topological polar surface area (TPSA) is 44.8 Å². The molecule has 0 saturated carbocycles. The standard InChI is InChI=1S/C6H7F8O4P/c7-4(8)1-16-19(15,17-2-5(9,10)11)18-3-6(12,13)14/h4H,1-3H2. The number of phosphoric acid groups is 1. The molecule has 13 heteroatoms. The fourth-order valence-electron chi connectivity index (χ4n) is 0.564. The van der Waals surface area contributed by atoms with Crippen LogP contribution in [0.25, 0.3) is 0 Å². The van der Waals surface area contributed by atoms with Crippen molar-refractivity contribution in [2.24, 2.45) is 0 Å².